The third kappa shape index (κ3) is 1.45. The molecule has 0 saturated carbocycles. The molecule has 0 fully saturated rings. The molecular weight excluding hydrogens is 236 g/mol. The molecule has 0 saturated heterocycles. The minimum absolute atomic E-state index is 0.126. The lowest BCUT2D eigenvalue weighted by molar-refractivity contribution is 0.471. The Hall–Kier alpha value is -1.29. The third-order valence-corrected chi connectivity index (χ3v) is 2.32. The van der Waals surface area contributed by atoms with Crippen LogP contribution in [-0.2, 0) is 0 Å². The molecule has 1 heterocycles. The molecule has 0 aliphatic carbocycles. The average Bonchev–Trinajstić information content (AvgIpc) is 2.08. The van der Waals surface area contributed by atoms with Crippen molar-refractivity contribution < 1.29 is 9.52 Å². The van der Waals surface area contributed by atoms with Crippen molar-refractivity contribution in [3.63, 3.8) is 0 Å². The van der Waals surface area contributed by atoms with E-state index in [0.29, 0.717) is 15.4 Å². The molecule has 1 N–H and O–H groups in total. The summed E-state index contributed by atoms with van der Waals surface area (Å²) in [6, 6.07) is 6.01. The van der Waals surface area contributed by atoms with Gasteiger partial charge in [0.2, 0.25) is 0 Å². The fraction of sp³-hybridized carbons (Fsp3) is 0. The molecule has 4 heteroatoms. The van der Waals surface area contributed by atoms with E-state index in [0.717, 1.165) is 0 Å². The molecular formula is C9H5BrO3. The van der Waals surface area contributed by atoms with Crippen molar-refractivity contribution in [2.75, 3.05) is 0 Å². The zero-order valence-electron chi connectivity index (χ0n) is 6.45. The van der Waals surface area contributed by atoms with Crippen molar-refractivity contribution in [1.82, 2.24) is 0 Å². The van der Waals surface area contributed by atoms with E-state index in [1.165, 1.54) is 12.1 Å². The van der Waals surface area contributed by atoms with Gasteiger partial charge in [-0.2, -0.15) is 0 Å². The van der Waals surface area contributed by atoms with Crippen LogP contribution < -0.4 is 5.63 Å². The molecule has 2 aromatic rings. The summed E-state index contributed by atoms with van der Waals surface area (Å²) >= 11 is 3.13. The molecule has 1 aromatic carbocycles. The molecule has 0 bridgehead atoms. The van der Waals surface area contributed by atoms with Gasteiger partial charge < -0.3 is 9.52 Å². The maximum atomic E-state index is 10.8. The summed E-state index contributed by atoms with van der Waals surface area (Å²) in [4.78, 5) is 10.8. The van der Waals surface area contributed by atoms with Gasteiger partial charge in [0.25, 0.3) is 0 Å². The number of phenolic OH excluding ortho intramolecular Hbond substituents is 1. The quantitative estimate of drug-likeness (QED) is 0.719. The minimum Gasteiger partial charge on any atom is -0.507 e. The van der Waals surface area contributed by atoms with Crippen LogP contribution in [0.1, 0.15) is 0 Å². The molecule has 3 nitrogen and oxygen atoms in total. The van der Waals surface area contributed by atoms with E-state index >= 15 is 0 Å². The van der Waals surface area contributed by atoms with Gasteiger partial charge in [-0.15, -0.1) is 0 Å². The molecule has 13 heavy (non-hydrogen) atoms. The second kappa shape index (κ2) is 2.88. The zero-order chi connectivity index (χ0) is 9.42. The average molecular weight is 241 g/mol. The first kappa shape index (κ1) is 8.31. The topological polar surface area (TPSA) is 50.4 Å². The van der Waals surface area contributed by atoms with Crippen LogP contribution in [-0.4, -0.2) is 5.11 Å². The normalized spacial score (nSPS) is 10.5. The van der Waals surface area contributed by atoms with Crippen LogP contribution in [0.2, 0.25) is 0 Å². The first-order chi connectivity index (χ1) is 6.16. The lowest BCUT2D eigenvalue weighted by atomic mass is 10.2. The molecule has 0 aliphatic rings. The standard InChI is InChI=1S/C9H5BrO3/c10-6-4-8-5(3-7(6)11)1-2-9(12)13-8/h1-4,11H. The molecule has 0 radical (unpaired) electrons. The molecule has 1 aromatic heterocycles. The van der Waals surface area contributed by atoms with Crippen LogP contribution in [0.25, 0.3) is 11.0 Å². The van der Waals surface area contributed by atoms with Crippen molar-refractivity contribution in [3.8, 4) is 5.75 Å². The molecule has 0 aliphatic heterocycles. The van der Waals surface area contributed by atoms with Crippen LogP contribution in [0.3, 0.4) is 0 Å². The van der Waals surface area contributed by atoms with Crippen LogP contribution in [0.4, 0.5) is 0 Å². The highest BCUT2D eigenvalue weighted by atomic mass is 79.9. The Morgan fingerprint density at radius 3 is 2.85 bits per heavy atom. The molecule has 66 valence electrons. The Kier molecular flexibility index (Phi) is 1.84. The van der Waals surface area contributed by atoms with Crippen molar-refractivity contribution in [2.24, 2.45) is 0 Å². The van der Waals surface area contributed by atoms with Gasteiger partial charge in [0.1, 0.15) is 11.3 Å². The van der Waals surface area contributed by atoms with E-state index in [2.05, 4.69) is 15.9 Å². The summed E-state index contributed by atoms with van der Waals surface area (Å²) < 4.78 is 5.41. The first-order valence-electron chi connectivity index (χ1n) is 3.59. The Labute approximate surface area is 81.7 Å². The summed E-state index contributed by atoms with van der Waals surface area (Å²) in [5, 5.41) is 10.0. The van der Waals surface area contributed by atoms with Gasteiger partial charge in [-0.05, 0) is 34.1 Å². The maximum Gasteiger partial charge on any atom is 0.336 e. The fourth-order valence-corrected chi connectivity index (χ4v) is 1.40. The van der Waals surface area contributed by atoms with E-state index in [9.17, 15) is 9.90 Å². The van der Waals surface area contributed by atoms with E-state index in [-0.39, 0.29) is 5.75 Å². The molecule has 0 unspecified atom stereocenters. The van der Waals surface area contributed by atoms with Gasteiger partial charge in [0.05, 0.1) is 4.47 Å². The van der Waals surface area contributed by atoms with Gasteiger partial charge in [-0.25, -0.2) is 4.79 Å². The number of fused-ring (bicyclic) bond motifs is 1. The smallest absolute Gasteiger partial charge is 0.336 e. The van der Waals surface area contributed by atoms with Crippen LogP contribution >= 0.6 is 15.9 Å². The van der Waals surface area contributed by atoms with Crippen molar-refractivity contribution in [2.45, 2.75) is 0 Å². The van der Waals surface area contributed by atoms with E-state index in [4.69, 9.17) is 4.42 Å². The zero-order valence-corrected chi connectivity index (χ0v) is 8.04. The molecule has 2 rings (SSSR count). The summed E-state index contributed by atoms with van der Waals surface area (Å²) in [6.07, 6.45) is 0. The first-order valence-corrected chi connectivity index (χ1v) is 4.38. The Morgan fingerprint density at radius 2 is 2.08 bits per heavy atom. The van der Waals surface area contributed by atoms with Gasteiger partial charge >= 0.3 is 5.63 Å². The second-order valence-corrected chi connectivity index (χ2v) is 3.45. The SMILES string of the molecule is O=c1ccc2cc(O)c(Br)cc2o1. The number of benzene rings is 1. The highest BCUT2D eigenvalue weighted by Crippen LogP contribution is 2.28. The molecule has 0 amide bonds. The number of hydrogen-bond donors (Lipinski definition) is 1. The van der Waals surface area contributed by atoms with Crippen LogP contribution in [0, 0.1) is 0 Å². The number of phenols is 1. The van der Waals surface area contributed by atoms with Gasteiger partial charge in [0, 0.05) is 11.5 Å². The Balaban J connectivity index is 2.89. The maximum absolute atomic E-state index is 10.8. The van der Waals surface area contributed by atoms with E-state index in [1.807, 2.05) is 0 Å². The Morgan fingerprint density at radius 1 is 1.31 bits per heavy atom. The van der Waals surface area contributed by atoms with Crippen molar-refractivity contribution in [3.05, 3.63) is 39.2 Å². The van der Waals surface area contributed by atoms with Gasteiger partial charge in [0.15, 0.2) is 0 Å². The highest BCUT2D eigenvalue weighted by Gasteiger charge is 2.02. The number of aromatic hydroxyl groups is 1. The van der Waals surface area contributed by atoms with Gasteiger partial charge in [-0.1, -0.05) is 0 Å². The predicted octanol–water partition coefficient (Wildman–Crippen LogP) is 2.26. The Bertz CT molecular complexity index is 516. The number of halogens is 1. The van der Waals surface area contributed by atoms with Crippen LogP contribution in [0.15, 0.2) is 37.9 Å². The monoisotopic (exact) mass is 240 g/mol. The number of rotatable bonds is 0. The second-order valence-electron chi connectivity index (χ2n) is 2.60. The summed E-state index contributed by atoms with van der Waals surface area (Å²) in [5.41, 5.74) is 0.0577. The summed E-state index contributed by atoms with van der Waals surface area (Å²) in [7, 11) is 0. The van der Waals surface area contributed by atoms with Crippen molar-refractivity contribution in [1.29, 1.82) is 0 Å². The minimum atomic E-state index is -0.398. The van der Waals surface area contributed by atoms with Crippen molar-refractivity contribution >= 4 is 26.9 Å². The van der Waals surface area contributed by atoms with E-state index in [1.54, 1.807) is 12.1 Å². The fourth-order valence-electron chi connectivity index (χ4n) is 1.08. The largest absolute Gasteiger partial charge is 0.507 e. The van der Waals surface area contributed by atoms with E-state index < -0.39 is 5.63 Å². The van der Waals surface area contributed by atoms with Gasteiger partial charge in [-0.3, -0.25) is 0 Å². The third-order valence-electron chi connectivity index (χ3n) is 1.69. The lowest BCUT2D eigenvalue weighted by Crippen LogP contribution is -1.93. The summed E-state index contributed by atoms with van der Waals surface area (Å²) in [6.45, 7) is 0. The summed E-state index contributed by atoms with van der Waals surface area (Å²) in [5.74, 6) is 0.126. The molecule has 0 atom stereocenters. The predicted molar refractivity (Wildman–Crippen MR) is 51.8 cm³/mol. The number of hydrogen-bond acceptors (Lipinski definition) is 3. The molecule has 0 spiro atoms. The van der Waals surface area contributed by atoms with Crippen LogP contribution in [0.5, 0.6) is 5.75 Å². The lowest BCUT2D eigenvalue weighted by Gasteiger charge is -1.98. The highest BCUT2D eigenvalue weighted by molar-refractivity contribution is 9.10.